The number of nitrogens with two attached hydrogens (primary N) is 1. The van der Waals surface area contributed by atoms with E-state index in [0.717, 1.165) is 12.8 Å². The van der Waals surface area contributed by atoms with Crippen molar-refractivity contribution in [3.8, 4) is 0 Å². The van der Waals surface area contributed by atoms with Crippen LogP contribution in [0, 0.1) is 0 Å². The summed E-state index contributed by atoms with van der Waals surface area (Å²) in [6.45, 7) is -0.165. The first kappa shape index (κ1) is 14.8. The predicted octanol–water partition coefficient (Wildman–Crippen LogP) is -0.830. The Hall–Kier alpha value is -1.81. The van der Waals surface area contributed by atoms with Crippen LogP contribution in [0.5, 0.6) is 0 Å². The topological polar surface area (TPSA) is 131 Å². The number of hydrogen-bond donors (Lipinski definition) is 4. The van der Waals surface area contributed by atoms with Gasteiger partial charge in [-0.05, 0) is 12.8 Å². The fourth-order valence-corrected chi connectivity index (χ4v) is 3.24. The summed E-state index contributed by atoms with van der Waals surface area (Å²) >= 11 is 0. The summed E-state index contributed by atoms with van der Waals surface area (Å²) in [6.07, 6.45) is 4.27. The fourth-order valence-electron chi connectivity index (χ4n) is 3.24. The van der Waals surface area contributed by atoms with Crippen LogP contribution in [0.3, 0.4) is 0 Å². The van der Waals surface area contributed by atoms with Crippen LogP contribution in [0.15, 0.2) is 12.7 Å². The molecule has 1 aliphatic heterocycles. The van der Waals surface area contributed by atoms with Crippen LogP contribution < -0.4 is 11.1 Å². The van der Waals surface area contributed by atoms with E-state index in [1.54, 1.807) is 4.57 Å². The average molecular weight is 320 g/mol. The highest BCUT2D eigenvalue weighted by Crippen LogP contribution is 2.33. The molecule has 2 aromatic heterocycles. The second-order valence-corrected chi connectivity index (χ2v) is 6.14. The van der Waals surface area contributed by atoms with Crippen LogP contribution in [-0.2, 0) is 4.74 Å². The third-order valence-corrected chi connectivity index (χ3v) is 4.75. The third kappa shape index (κ3) is 2.36. The van der Waals surface area contributed by atoms with Gasteiger partial charge in [0, 0.05) is 6.04 Å². The monoisotopic (exact) mass is 320 g/mol. The number of nitrogen functional groups attached to an aromatic ring is 1. The van der Waals surface area contributed by atoms with Crippen LogP contribution in [0.1, 0.15) is 25.5 Å². The number of aromatic nitrogens is 4. The number of aliphatic hydroxyl groups excluding tert-OH is 2. The van der Waals surface area contributed by atoms with E-state index in [0.29, 0.717) is 17.2 Å². The summed E-state index contributed by atoms with van der Waals surface area (Å²) in [4.78, 5) is 12.3. The van der Waals surface area contributed by atoms with Gasteiger partial charge in [0.1, 0.15) is 24.1 Å². The molecule has 5 N–H and O–H groups in total. The number of imidazole rings is 1. The number of aliphatic hydroxyl groups is 2. The van der Waals surface area contributed by atoms with E-state index < -0.39 is 18.4 Å². The van der Waals surface area contributed by atoms with Gasteiger partial charge >= 0.3 is 0 Å². The Bertz CT molecular complexity index is 703. The van der Waals surface area contributed by atoms with Crippen LogP contribution in [0.4, 0.5) is 5.82 Å². The zero-order valence-corrected chi connectivity index (χ0v) is 12.5. The number of hydrogen-bond acceptors (Lipinski definition) is 8. The van der Waals surface area contributed by atoms with Crippen molar-refractivity contribution in [2.45, 2.75) is 49.8 Å². The maximum absolute atomic E-state index is 10.7. The first-order valence-electron chi connectivity index (χ1n) is 7.82. The summed E-state index contributed by atoms with van der Waals surface area (Å²) in [6, 6.07) is 0.0514. The van der Waals surface area contributed by atoms with E-state index in [2.05, 4.69) is 20.3 Å². The molecular weight excluding hydrogens is 300 g/mol. The molecule has 0 amide bonds. The highest BCUT2D eigenvalue weighted by molar-refractivity contribution is 5.81. The number of rotatable bonds is 4. The van der Waals surface area contributed by atoms with Crippen molar-refractivity contribution in [2.75, 3.05) is 12.3 Å². The minimum absolute atomic E-state index is 0.165. The molecule has 23 heavy (non-hydrogen) atoms. The van der Waals surface area contributed by atoms with Gasteiger partial charge in [0.15, 0.2) is 17.7 Å². The lowest BCUT2D eigenvalue weighted by molar-refractivity contribution is -0.0490. The average Bonchev–Trinajstić information content (AvgIpc) is 3.05. The standard InChI is InChI=1S/C14H20N6O3/c15-12-10-13(17-5-16-12)20(6-18-10)14-11(22)9(8(4-21)23-14)19-7-2-1-3-7/h5-9,11,14,19,21-22H,1-4H2,(H2,15,16,17)/t8-,9-,11-,14-/m1/s1. The Morgan fingerprint density at radius 1 is 1.35 bits per heavy atom. The second-order valence-electron chi connectivity index (χ2n) is 6.14. The summed E-state index contributed by atoms with van der Waals surface area (Å²) < 4.78 is 7.50. The summed E-state index contributed by atoms with van der Waals surface area (Å²) in [5.74, 6) is 0.282. The van der Waals surface area contributed by atoms with Gasteiger partial charge in [-0.3, -0.25) is 4.57 Å². The molecule has 2 aromatic rings. The largest absolute Gasteiger partial charge is 0.394 e. The highest BCUT2D eigenvalue weighted by atomic mass is 16.5. The SMILES string of the molecule is Nc1ncnc2c1ncn2[C@@H]1O[C@H](CO)[C@@H](NC2CCC2)[C@H]1O. The molecule has 124 valence electrons. The molecule has 1 saturated heterocycles. The van der Waals surface area contributed by atoms with Crippen molar-refractivity contribution < 1.29 is 14.9 Å². The molecule has 0 radical (unpaired) electrons. The van der Waals surface area contributed by atoms with E-state index in [4.69, 9.17) is 10.5 Å². The van der Waals surface area contributed by atoms with E-state index in [1.165, 1.54) is 19.1 Å². The van der Waals surface area contributed by atoms with Crippen molar-refractivity contribution >= 4 is 17.0 Å². The fraction of sp³-hybridized carbons (Fsp3) is 0.643. The molecule has 2 aliphatic rings. The maximum atomic E-state index is 10.7. The van der Waals surface area contributed by atoms with Gasteiger partial charge in [0.2, 0.25) is 0 Å². The normalized spacial score (nSPS) is 31.6. The smallest absolute Gasteiger partial charge is 0.167 e. The summed E-state index contributed by atoms with van der Waals surface area (Å²) in [5, 5.41) is 23.7. The number of nitrogens with zero attached hydrogens (tertiary/aromatic N) is 4. The van der Waals surface area contributed by atoms with Gasteiger partial charge in [0.25, 0.3) is 0 Å². The third-order valence-electron chi connectivity index (χ3n) is 4.75. The van der Waals surface area contributed by atoms with Gasteiger partial charge in [-0.25, -0.2) is 15.0 Å². The van der Waals surface area contributed by atoms with Crippen LogP contribution in [0.2, 0.25) is 0 Å². The molecule has 0 bridgehead atoms. The number of nitrogens with one attached hydrogen (secondary N) is 1. The Morgan fingerprint density at radius 3 is 2.87 bits per heavy atom. The molecule has 9 heteroatoms. The van der Waals surface area contributed by atoms with Crippen molar-refractivity contribution in [3.05, 3.63) is 12.7 Å². The summed E-state index contributed by atoms with van der Waals surface area (Å²) in [7, 11) is 0. The molecule has 0 spiro atoms. The van der Waals surface area contributed by atoms with Crippen LogP contribution >= 0.6 is 0 Å². The molecule has 4 rings (SSSR count). The van der Waals surface area contributed by atoms with Crippen molar-refractivity contribution in [1.29, 1.82) is 0 Å². The lowest BCUT2D eigenvalue weighted by Gasteiger charge is -2.32. The van der Waals surface area contributed by atoms with E-state index in [1.807, 2.05) is 0 Å². The zero-order valence-electron chi connectivity index (χ0n) is 12.5. The summed E-state index contributed by atoms with van der Waals surface area (Å²) in [5.41, 5.74) is 6.77. The first-order valence-corrected chi connectivity index (χ1v) is 7.82. The molecule has 4 atom stereocenters. The first-order chi connectivity index (χ1) is 11.2. The Balaban J connectivity index is 1.64. The van der Waals surface area contributed by atoms with Gasteiger partial charge in [0.05, 0.1) is 19.0 Å². The lowest BCUT2D eigenvalue weighted by Crippen LogP contribution is -2.52. The Morgan fingerprint density at radius 2 is 2.17 bits per heavy atom. The number of fused-ring (bicyclic) bond motifs is 1. The number of anilines is 1. The van der Waals surface area contributed by atoms with Gasteiger partial charge in [-0.2, -0.15) is 0 Å². The molecule has 0 aromatic carbocycles. The predicted molar refractivity (Wildman–Crippen MR) is 81.3 cm³/mol. The molecule has 9 nitrogen and oxygen atoms in total. The lowest BCUT2D eigenvalue weighted by atomic mass is 9.91. The van der Waals surface area contributed by atoms with Gasteiger partial charge in [-0.1, -0.05) is 6.42 Å². The van der Waals surface area contributed by atoms with E-state index in [9.17, 15) is 10.2 Å². The van der Waals surface area contributed by atoms with E-state index >= 15 is 0 Å². The molecular formula is C14H20N6O3. The molecule has 1 saturated carbocycles. The minimum Gasteiger partial charge on any atom is -0.394 e. The highest BCUT2D eigenvalue weighted by Gasteiger charge is 2.46. The molecule has 1 aliphatic carbocycles. The minimum atomic E-state index is -0.818. The quantitative estimate of drug-likeness (QED) is 0.574. The Kier molecular flexibility index (Phi) is 3.64. The van der Waals surface area contributed by atoms with Crippen LogP contribution in [-0.4, -0.2) is 60.6 Å². The molecule has 3 heterocycles. The number of ether oxygens (including phenoxy) is 1. The van der Waals surface area contributed by atoms with Crippen molar-refractivity contribution in [3.63, 3.8) is 0 Å². The van der Waals surface area contributed by atoms with Crippen molar-refractivity contribution in [1.82, 2.24) is 24.8 Å². The van der Waals surface area contributed by atoms with E-state index in [-0.39, 0.29) is 18.5 Å². The maximum Gasteiger partial charge on any atom is 0.167 e. The van der Waals surface area contributed by atoms with Gasteiger partial charge in [-0.15, -0.1) is 0 Å². The van der Waals surface area contributed by atoms with Gasteiger partial charge < -0.3 is 26.0 Å². The second kappa shape index (κ2) is 5.68. The van der Waals surface area contributed by atoms with Crippen LogP contribution in [0.25, 0.3) is 11.2 Å². The Labute approximate surface area is 132 Å². The van der Waals surface area contributed by atoms with Crippen molar-refractivity contribution in [2.24, 2.45) is 0 Å². The zero-order chi connectivity index (χ0) is 16.0. The molecule has 0 unspecified atom stereocenters. The molecule has 2 fully saturated rings.